The lowest BCUT2D eigenvalue weighted by molar-refractivity contribution is 0.0938. The summed E-state index contributed by atoms with van der Waals surface area (Å²) in [6, 6.07) is 15.6. The van der Waals surface area contributed by atoms with E-state index in [9.17, 15) is 14.4 Å². The van der Waals surface area contributed by atoms with Gasteiger partial charge in [0.25, 0.3) is 11.5 Å². The minimum atomic E-state index is -0.808. The number of carbonyl (C=O) groups is 1. The Morgan fingerprint density at radius 3 is 2.55 bits per heavy atom. The van der Waals surface area contributed by atoms with Gasteiger partial charge in [0.1, 0.15) is 5.76 Å². The van der Waals surface area contributed by atoms with Crippen LogP contribution in [0.4, 0.5) is 0 Å². The molecule has 0 aliphatic rings. The van der Waals surface area contributed by atoms with Crippen LogP contribution >= 0.6 is 11.6 Å². The molecule has 2 aromatic carbocycles. The topological polar surface area (TPSA) is 99.1 Å². The molecule has 0 fully saturated rings. The second-order valence-electron chi connectivity index (χ2n) is 7.56. The fraction of sp³-hybridized carbons (Fsp3) is 0.167. The highest BCUT2D eigenvalue weighted by molar-refractivity contribution is 6.31. The van der Waals surface area contributed by atoms with Crippen molar-refractivity contribution in [3.63, 3.8) is 0 Å². The summed E-state index contributed by atoms with van der Waals surface area (Å²) in [4.78, 5) is 39.3. The standard InChI is InChI=1S/C24H21ClN4O4/c1-15-9-10-18(12-16(15)2)29-24(32)28(14-17-6-3-4-8-20(17)25)23(31)21(27-29)22(30)26-13-19-7-5-11-33-19/h3-12H,13-14H2,1-2H3,(H,26,30). The van der Waals surface area contributed by atoms with Gasteiger partial charge in [-0.1, -0.05) is 35.9 Å². The van der Waals surface area contributed by atoms with E-state index >= 15 is 0 Å². The fourth-order valence-corrected chi connectivity index (χ4v) is 3.48. The Bertz CT molecular complexity index is 1440. The van der Waals surface area contributed by atoms with Gasteiger partial charge in [0.2, 0.25) is 5.69 Å². The van der Waals surface area contributed by atoms with Crippen molar-refractivity contribution in [1.29, 1.82) is 0 Å². The highest BCUT2D eigenvalue weighted by Crippen LogP contribution is 2.16. The van der Waals surface area contributed by atoms with Gasteiger partial charge in [-0.25, -0.2) is 4.79 Å². The summed E-state index contributed by atoms with van der Waals surface area (Å²) < 4.78 is 7.24. The van der Waals surface area contributed by atoms with Crippen molar-refractivity contribution in [3.8, 4) is 5.69 Å². The van der Waals surface area contributed by atoms with Crippen LogP contribution in [0.3, 0.4) is 0 Å². The molecule has 0 unspecified atom stereocenters. The monoisotopic (exact) mass is 464 g/mol. The van der Waals surface area contributed by atoms with Crippen LogP contribution in [0, 0.1) is 13.8 Å². The quantitative estimate of drug-likeness (QED) is 0.472. The number of rotatable bonds is 6. The predicted octanol–water partition coefficient (Wildman–Crippen LogP) is 3.24. The number of halogens is 1. The molecular weight excluding hydrogens is 444 g/mol. The minimum absolute atomic E-state index is 0.0697. The van der Waals surface area contributed by atoms with Gasteiger partial charge >= 0.3 is 5.69 Å². The Kier molecular flexibility index (Phi) is 6.28. The molecule has 1 N–H and O–H groups in total. The van der Waals surface area contributed by atoms with Gasteiger partial charge in [-0.2, -0.15) is 9.78 Å². The van der Waals surface area contributed by atoms with E-state index in [1.54, 1.807) is 48.5 Å². The molecule has 0 spiro atoms. The zero-order valence-electron chi connectivity index (χ0n) is 18.0. The molecule has 33 heavy (non-hydrogen) atoms. The number of amides is 1. The number of hydrogen-bond acceptors (Lipinski definition) is 5. The Morgan fingerprint density at radius 1 is 1.06 bits per heavy atom. The molecule has 2 aromatic heterocycles. The first kappa shape index (κ1) is 22.3. The van der Waals surface area contributed by atoms with Gasteiger partial charge in [0, 0.05) is 5.02 Å². The normalized spacial score (nSPS) is 10.9. The van der Waals surface area contributed by atoms with E-state index < -0.39 is 22.9 Å². The predicted molar refractivity (Wildman–Crippen MR) is 124 cm³/mol. The van der Waals surface area contributed by atoms with Gasteiger partial charge in [-0.3, -0.25) is 14.2 Å². The zero-order chi connectivity index (χ0) is 23.5. The lowest BCUT2D eigenvalue weighted by Crippen LogP contribution is -2.46. The lowest BCUT2D eigenvalue weighted by Gasteiger charge is -2.13. The van der Waals surface area contributed by atoms with Crippen molar-refractivity contribution < 1.29 is 9.21 Å². The van der Waals surface area contributed by atoms with E-state index in [1.807, 2.05) is 19.9 Å². The molecule has 9 heteroatoms. The third-order valence-electron chi connectivity index (χ3n) is 5.30. The Hall–Kier alpha value is -3.91. The molecule has 0 radical (unpaired) electrons. The van der Waals surface area contributed by atoms with Crippen LogP contribution in [-0.2, 0) is 13.1 Å². The number of aryl methyl sites for hydroxylation is 2. The van der Waals surface area contributed by atoms with E-state index in [-0.39, 0.29) is 13.1 Å². The van der Waals surface area contributed by atoms with Gasteiger partial charge < -0.3 is 9.73 Å². The fourth-order valence-electron chi connectivity index (χ4n) is 3.28. The van der Waals surface area contributed by atoms with E-state index in [2.05, 4.69) is 10.4 Å². The maximum Gasteiger partial charge on any atom is 0.352 e. The van der Waals surface area contributed by atoms with Crippen LogP contribution < -0.4 is 16.6 Å². The SMILES string of the molecule is Cc1ccc(-n2nc(C(=O)NCc3ccco3)c(=O)n(Cc3ccccc3Cl)c2=O)cc1C. The van der Waals surface area contributed by atoms with Crippen molar-refractivity contribution >= 4 is 17.5 Å². The summed E-state index contributed by atoms with van der Waals surface area (Å²) in [7, 11) is 0. The van der Waals surface area contributed by atoms with Crippen molar-refractivity contribution in [3.05, 3.63) is 115 Å². The largest absolute Gasteiger partial charge is 0.467 e. The third kappa shape index (κ3) is 4.65. The minimum Gasteiger partial charge on any atom is -0.467 e. The van der Waals surface area contributed by atoms with Crippen LogP contribution in [0.2, 0.25) is 5.02 Å². The number of aromatic nitrogens is 3. The molecule has 2 heterocycles. The van der Waals surface area contributed by atoms with E-state index in [1.165, 1.54) is 6.26 Å². The van der Waals surface area contributed by atoms with E-state index in [0.29, 0.717) is 22.0 Å². The number of hydrogen-bond donors (Lipinski definition) is 1. The second-order valence-corrected chi connectivity index (χ2v) is 7.96. The lowest BCUT2D eigenvalue weighted by atomic mass is 10.1. The molecule has 0 saturated carbocycles. The Balaban J connectivity index is 1.83. The number of nitrogens with one attached hydrogen (secondary N) is 1. The van der Waals surface area contributed by atoms with Crippen molar-refractivity contribution in [1.82, 2.24) is 19.7 Å². The number of benzene rings is 2. The molecular formula is C24H21ClN4O4. The molecule has 0 bridgehead atoms. The first-order chi connectivity index (χ1) is 15.8. The smallest absolute Gasteiger partial charge is 0.352 e. The van der Waals surface area contributed by atoms with Crippen LogP contribution in [-0.4, -0.2) is 20.3 Å². The summed E-state index contributed by atoms with van der Waals surface area (Å²) in [5.74, 6) is -0.205. The molecule has 0 aliphatic heterocycles. The summed E-state index contributed by atoms with van der Waals surface area (Å²) in [6.07, 6.45) is 1.48. The van der Waals surface area contributed by atoms with Gasteiger partial charge in [-0.05, 0) is 60.9 Å². The molecule has 8 nitrogen and oxygen atoms in total. The number of nitrogens with zero attached hydrogens (tertiary/aromatic N) is 3. The van der Waals surface area contributed by atoms with Gasteiger partial charge in [0.15, 0.2) is 0 Å². The van der Waals surface area contributed by atoms with Crippen LogP contribution in [0.1, 0.15) is 32.9 Å². The maximum atomic E-state index is 13.3. The average molecular weight is 465 g/mol. The summed E-state index contributed by atoms with van der Waals surface area (Å²) in [6.45, 7) is 3.81. The first-order valence-electron chi connectivity index (χ1n) is 10.2. The van der Waals surface area contributed by atoms with Crippen molar-refractivity contribution in [2.45, 2.75) is 26.9 Å². The van der Waals surface area contributed by atoms with E-state index in [0.717, 1.165) is 20.4 Å². The average Bonchev–Trinajstić information content (AvgIpc) is 3.32. The number of carbonyl (C=O) groups excluding carboxylic acids is 1. The third-order valence-corrected chi connectivity index (χ3v) is 5.67. The summed E-state index contributed by atoms with van der Waals surface area (Å²) in [5.41, 5.74) is 1.09. The molecule has 0 atom stereocenters. The van der Waals surface area contributed by atoms with Crippen LogP contribution in [0.25, 0.3) is 5.69 Å². The molecule has 4 aromatic rings. The molecule has 0 saturated heterocycles. The van der Waals surface area contributed by atoms with E-state index in [4.69, 9.17) is 16.0 Å². The molecule has 168 valence electrons. The van der Waals surface area contributed by atoms with Crippen LogP contribution in [0.15, 0.2) is 74.9 Å². The second kappa shape index (κ2) is 9.30. The molecule has 1 amide bonds. The maximum absolute atomic E-state index is 13.3. The first-order valence-corrected chi connectivity index (χ1v) is 10.6. The highest BCUT2D eigenvalue weighted by Gasteiger charge is 2.21. The highest BCUT2D eigenvalue weighted by atomic mass is 35.5. The summed E-state index contributed by atoms with van der Waals surface area (Å²) in [5, 5.41) is 7.15. The molecule has 0 aliphatic carbocycles. The van der Waals surface area contributed by atoms with Gasteiger partial charge in [0.05, 0.1) is 25.0 Å². The zero-order valence-corrected chi connectivity index (χ0v) is 18.8. The molecule has 4 rings (SSSR count). The van der Waals surface area contributed by atoms with Crippen molar-refractivity contribution in [2.24, 2.45) is 0 Å². The summed E-state index contributed by atoms with van der Waals surface area (Å²) >= 11 is 6.25. The van der Waals surface area contributed by atoms with Crippen molar-refractivity contribution in [2.75, 3.05) is 0 Å². The van der Waals surface area contributed by atoms with Gasteiger partial charge in [-0.15, -0.1) is 0 Å². The Morgan fingerprint density at radius 2 is 1.85 bits per heavy atom. The van der Waals surface area contributed by atoms with Crippen LogP contribution in [0.5, 0.6) is 0 Å². The number of furan rings is 1. The Labute approximate surface area is 194 Å².